The molecule has 1 aliphatic heterocycles. The Bertz CT molecular complexity index is 254. The van der Waals surface area contributed by atoms with E-state index in [0.29, 0.717) is 18.3 Å². The number of rotatable bonds is 2. The van der Waals surface area contributed by atoms with Crippen LogP contribution in [0.1, 0.15) is 24.1 Å². The predicted octanol–water partition coefficient (Wildman–Crippen LogP) is -0.395. The maximum Gasteiger partial charge on any atom is 0.231 e. The standard InChI is InChI=1S/C7H12N4O/c8-3-6-10-7(12-11-6)5-1-2-9-4-5/h5,9H,1-4,8H2. The molecule has 1 aliphatic rings. The molecule has 1 aromatic rings. The average molecular weight is 168 g/mol. The van der Waals surface area contributed by atoms with Gasteiger partial charge in [-0.25, -0.2) is 0 Å². The summed E-state index contributed by atoms with van der Waals surface area (Å²) in [6.07, 6.45) is 1.08. The van der Waals surface area contributed by atoms with Gasteiger partial charge in [-0.3, -0.25) is 0 Å². The zero-order valence-electron chi connectivity index (χ0n) is 6.79. The summed E-state index contributed by atoms with van der Waals surface area (Å²) < 4.78 is 5.06. The lowest BCUT2D eigenvalue weighted by molar-refractivity contribution is 0.355. The van der Waals surface area contributed by atoms with Crippen molar-refractivity contribution in [2.75, 3.05) is 13.1 Å². The van der Waals surface area contributed by atoms with E-state index >= 15 is 0 Å². The number of nitrogens with two attached hydrogens (primary N) is 1. The fourth-order valence-electron chi connectivity index (χ4n) is 1.38. The van der Waals surface area contributed by atoms with Crippen LogP contribution in [-0.4, -0.2) is 23.2 Å². The van der Waals surface area contributed by atoms with Crippen molar-refractivity contribution in [1.82, 2.24) is 15.5 Å². The van der Waals surface area contributed by atoms with E-state index in [-0.39, 0.29) is 0 Å². The molecule has 1 unspecified atom stereocenters. The normalized spacial score (nSPS) is 23.2. The molecule has 12 heavy (non-hydrogen) atoms. The fourth-order valence-corrected chi connectivity index (χ4v) is 1.38. The molecule has 0 spiro atoms. The van der Waals surface area contributed by atoms with Gasteiger partial charge in [0.1, 0.15) is 0 Å². The highest BCUT2D eigenvalue weighted by Gasteiger charge is 2.22. The first-order chi connectivity index (χ1) is 5.90. The van der Waals surface area contributed by atoms with Crippen molar-refractivity contribution in [2.24, 2.45) is 5.73 Å². The third-order valence-corrected chi connectivity index (χ3v) is 2.08. The number of hydrogen-bond donors (Lipinski definition) is 2. The van der Waals surface area contributed by atoms with Crippen molar-refractivity contribution in [3.05, 3.63) is 11.7 Å². The van der Waals surface area contributed by atoms with Gasteiger partial charge in [0.15, 0.2) is 5.82 Å². The molecule has 5 heteroatoms. The molecular weight excluding hydrogens is 156 g/mol. The molecule has 0 aromatic carbocycles. The van der Waals surface area contributed by atoms with Gasteiger partial charge in [-0.15, -0.1) is 0 Å². The first-order valence-electron chi connectivity index (χ1n) is 4.13. The van der Waals surface area contributed by atoms with Gasteiger partial charge in [0.25, 0.3) is 0 Å². The summed E-state index contributed by atoms with van der Waals surface area (Å²) in [5, 5.41) is 6.98. The van der Waals surface area contributed by atoms with Gasteiger partial charge >= 0.3 is 0 Å². The summed E-state index contributed by atoms with van der Waals surface area (Å²) in [7, 11) is 0. The van der Waals surface area contributed by atoms with Crippen molar-refractivity contribution in [2.45, 2.75) is 18.9 Å². The van der Waals surface area contributed by atoms with E-state index in [2.05, 4.69) is 15.5 Å². The molecule has 66 valence electrons. The monoisotopic (exact) mass is 168 g/mol. The van der Waals surface area contributed by atoms with Gasteiger partial charge in [0, 0.05) is 6.54 Å². The molecule has 1 aromatic heterocycles. The molecule has 2 heterocycles. The summed E-state index contributed by atoms with van der Waals surface area (Å²) in [5.74, 6) is 1.70. The van der Waals surface area contributed by atoms with Gasteiger partial charge in [0.05, 0.1) is 12.5 Å². The van der Waals surface area contributed by atoms with Crippen LogP contribution in [0.3, 0.4) is 0 Å². The molecular formula is C7H12N4O. The maximum atomic E-state index is 5.36. The highest BCUT2D eigenvalue weighted by atomic mass is 16.5. The average Bonchev–Trinajstić information content (AvgIpc) is 2.75. The quantitative estimate of drug-likeness (QED) is 0.628. The Morgan fingerprint density at radius 2 is 2.58 bits per heavy atom. The van der Waals surface area contributed by atoms with Gasteiger partial charge in [-0.05, 0) is 13.0 Å². The van der Waals surface area contributed by atoms with Crippen LogP contribution in [0.15, 0.2) is 4.52 Å². The Balaban J connectivity index is 2.11. The Hall–Kier alpha value is -0.940. The van der Waals surface area contributed by atoms with E-state index in [9.17, 15) is 0 Å². The first-order valence-corrected chi connectivity index (χ1v) is 4.13. The Labute approximate surface area is 70.3 Å². The number of hydrogen-bond acceptors (Lipinski definition) is 5. The fraction of sp³-hybridized carbons (Fsp3) is 0.714. The van der Waals surface area contributed by atoms with Crippen LogP contribution in [0.5, 0.6) is 0 Å². The molecule has 0 bridgehead atoms. The summed E-state index contributed by atoms with van der Waals surface area (Å²) in [4.78, 5) is 4.17. The minimum absolute atomic E-state index is 0.351. The summed E-state index contributed by atoms with van der Waals surface area (Å²) in [5.41, 5.74) is 5.36. The number of aromatic nitrogens is 2. The van der Waals surface area contributed by atoms with Crippen molar-refractivity contribution in [1.29, 1.82) is 0 Å². The van der Waals surface area contributed by atoms with Crippen LogP contribution in [0.2, 0.25) is 0 Å². The van der Waals surface area contributed by atoms with E-state index in [1.54, 1.807) is 0 Å². The van der Waals surface area contributed by atoms with Crippen molar-refractivity contribution in [3.63, 3.8) is 0 Å². The third-order valence-electron chi connectivity index (χ3n) is 2.08. The lowest BCUT2D eigenvalue weighted by Gasteiger charge is -1.98. The van der Waals surface area contributed by atoms with Crippen LogP contribution in [0.4, 0.5) is 0 Å². The second kappa shape index (κ2) is 3.20. The molecule has 0 radical (unpaired) electrons. The highest BCUT2D eigenvalue weighted by molar-refractivity contribution is 4.97. The highest BCUT2D eigenvalue weighted by Crippen LogP contribution is 2.19. The molecule has 5 nitrogen and oxygen atoms in total. The topological polar surface area (TPSA) is 77.0 Å². The summed E-state index contributed by atoms with van der Waals surface area (Å²) >= 11 is 0. The second-order valence-corrected chi connectivity index (χ2v) is 2.94. The smallest absolute Gasteiger partial charge is 0.231 e. The summed E-state index contributed by atoms with van der Waals surface area (Å²) in [6, 6.07) is 0. The van der Waals surface area contributed by atoms with Crippen molar-refractivity contribution < 1.29 is 4.52 Å². The van der Waals surface area contributed by atoms with Crippen LogP contribution in [-0.2, 0) is 6.54 Å². The van der Waals surface area contributed by atoms with Gasteiger partial charge in [0.2, 0.25) is 5.89 Å². The molecule has 1 fully saturated rings. The van der Waals surface area contributed by atoms with E-state index in [4.69, 9.17) is 10.3 Å². The SMILES string of the molecule is NCc1noc(C2CCNC2)n1. The minimum Gasteiger partial charge on any atom is -0.339 e. The lowest BCUT2D eigenvalue weighted by Crippen LogP contribution is -2.08. The van der Waals surface area contributed by atoms with Crippen LogP contribution < -0.4 is 11.1 Å². The molecule has 3 N–H and O–H groups in total. The van der Waals surface area contributed by atoms with Crippen LogP contribution in [0, 0.1) is 0 Å². The van der Waals surface area contributed by atoms with Crippen molar-refractivity contribution in [3.8, 4) is 0 Å². The van der Waals surface area contributed by atoms with E-state index in [0.717, 1.165) is 25.4 Å². The molecule has 0 amide bonds. The zero-order chi connectivity index (χ0) is 8.39. The second-order valence-electron chi connectivity index (χ2n) is 2.94. The molecule has 2 rings (SSSR count). The third kappa shape index (κ3) is 1.33. The number of nitrogens with one attached hydrogen (secondary N) is 1. The maximum absolute atomic E-state index is 5.36. The Morgan fingerprint density at radius 1 is 1.67 bits per heavy atom. The first kappa shape index (κ1) is 7.70. The van der Waals surface area contributed by atoms with Crippen LogP contribution >= 0.6 is 0 Å². The minimum atomic E-state index is 0.351. The predicted molar refractivity (Wildman–Crippen MR) is 42.4 cm³/mol. The number of nitrogens with zero attached hydrogens (tertiary/aromatic N) is 2. The van der Waals surface area contributed by atoms with Gasteiger partial charge < -0.3 is 15.6 Å². The zero-order valence-corrected chi connectivity index (χ0v) is 6.79. The Morgan fingerprint density at radius 3 is 3.17 bits per heavy atom. The van der Waals surface area contributed by atoms with Gasteiger partial charge in [-0.2, -0.15) is 4.98 Å². The molecule has 1 saturated heterocycles. The Kier molecular flexibility index (Phi) is 2.05. The molecule has 1 atom stereocenters. The van der Waals surface area contributed by atoms with E-state index in [1.807, 2.05) is 0 Å². The molecule has 0 aliphatic carbocycles. The van der Waals surface area contributed by atoms with Gasteiger partial charge in [-0.1, -0.05) is 5.16 Å². The largest absolute Gasteiger partial charge is 0.339 e. The van der Waals surface area contributed by atoms with E-state index in [1.165, 1.54) is 0 Å². The summed E-state index contributed by atoms with van der Waals surface area (Å²) in [6.45, 7) is 2.32. The van der Waals surface area contributed by atoms with Crippen LogP contribution in [0.25, 0.3) is 0 Å². The van der Waals surface area contributed by atoms with E-state index < -0.39 is 0 Å². The van der Waals surface area contributed by atoms with Crippen molar-refractivity contribution >= 4 is 0 Å². The lowest BCUT2D eigenvalue weighted by atomic mass is 10.1. The molecule has 0 saturated carbocycles.